The normalized spacial score (nSPS) is 10.1. The molecule has 0 atom stereocenters. The second-order valence-corrected chi connectivity index (χ2v) is 4.10. The van der Waals surface area contributed by atoms with E-state index >= 15 is 0 Å². The maximum absolute atomic E-state index is 11.9. The first-order valence-corrected chi connectivity index (χ1v) is 5.52. The number of rotatable bonds is 3. The zero-order valence-electron chi connectivity index (χ0n) is 10.2. The van der Waals surface area contributed by atoms with E-state index in [0.717, 1.165) is 11.1 Å². The van der Waals surface area contributed by atoms with Gasteiger partial charge in [-0.2, -0.15) is 0 Å². The van der Waals surface area contributed by atoms with E-state index in [4.69, 9.17) is 0 Å². The molecule has 2 aromatic heterocycles. The number of nitrogens with zero attached hydrogens (tertiary/aromatic N) is 2. The molecule has 0 amide bonds. The van der Waals surface area contributed by atoms with Crippen LogP contribution in [0.2, 0.25) is 0 Å². The first kappa shape index (κ1) is 12.1. The Bertz CT molecular complexity index is 531. The maximum atomic E-state index is 11.9. The van der Waals surface area contributed by atoms with E-state index in [0.29, 0.717) is 0 Å². The Morgan fingerprint density at radius 1 is 0.778 bits per heavy atom. The van der Waals surface area contributed by atoms with Crippen LogP contribution in [0.4, 0.5) is 0 Å². The van der Waals surface area contributed by atoms with Crippen molar-refractivity contribution in [2.75, 3.05) is 0 Å². The number of ketones is 2. The lowest BCUT2D eigenvalue weighted by molar-refractivity contribution is 0.0811. The largest absolute Gasteiger partial charge is 0.283 e. The molecule has 0 saturated carbocycles. The molecule has 0 aliphatic heterocycles. The molecule has 18 heavy (non-hydrogen) atoms. The Morgan fingerprint density at radius 2 is 1.17 bits per heavy atom. The summed E-state index contributed by atoms with van der Waals surface area (Å²) in [6.45, 7) is 3.73. The van der Waals surface area contributed by atoms with Gasteiger partial charge in [-0.3, -0.25) is 19.6 Å². The summed E-state index contributed by atoms with van der Waals surface area (Å²) in [5, 5.41) is 0. The molecule has 0 bridgehead atoms. The molecule has 0 fully saturated rings. The van der Waals surface area contributed by atoms with E-state index in [1.165, 1.54) is 0 Å². The van der Waals surface area contributed by atoms with Gasteiger partial charge in [0.25, 0.3) is 11.6 Å². The van der Waals surface area contributed by atoms with Crippen LogP contribution in [0.15, 0.2) is 36.7 Å². The molecular formula is C14H12N2O2. The van der Waals surface area contributed by atoms with E-state index in [-0.39, 0.29) is 11.4 Å². The van der Waals surface area contributed by atoms with Crippen LogP contribution < -0.4 is 0 Å². The molecule has 0 saturated heterocycles. The summed E-state index contributed by atoms with van der Waals surface area (Å²) in [5.41, 5.74) is 2.17. The van der Waals surface area contributed by atoms with E-state index < -0.39 is 11.6 Å². The van der Waals surface area contributed by atoms with Crippen LogP contribution >= 0.6 is 0 Å². The lowest BCUT2D eigenvalue weighted by Gasteiger charge is -2.00. The minimum absolute atomic E-state index is 0.146. The minimum Gasteiger partial charge on any atom is -0.283 e. The molecule has 4 nitrogen and oxygen atoms in total. The van der Waals surface area contributed by atoms with Crippen LogP contribution in [-0.4, -0.2) is 21.5 Å². The third-order valence-electron chi connectivity index (χ3n) is 2.49. The van der Waals surface area contributed by atoms with E-state index in [1.807, 2.05) is 13.8 Å². The van der Waals surface area contributed by atoms with Gasteiger partial charge in [-0.25, -0.2) is 0 Å². The van der Waals surface area contributed by atoms with E-state index in [1.54, 1.807) is 36.7 Å². The molecule has 0 radical (unpaired) electrons. The third kappa shape index (κ3) is 2.48. The lowest BCUT2D eigenvalue weighted by Crippen LogP contribution is -2.17. The Hall–Kier alpha value is -2.36. The van der Waals surface area contributed by atoms with Crippen LogP contribution in [0.5, 0.6) is 0 Å². The van der Waals surface area contributed by atoms with Crippen molar-refractivity contribution in [1.82, 2.24) is 9.97 Å². The second kappa shape index (κ2) is 4.87. The molecule has 0 aliphatic rings. The first-order valence-electron chi connectivity index (χ1n) is 5.52. The standard InChI is InChI=1S/C14H12N2O2/c1-9-3-5-11(15-7-9)13(17)14(18)12-6-4-10(2)8-16-12/h3-8H,1-2H3. The highest BCUT2D eigenvalue weighted by molar-refractivity contribution is 6.48. The van der Waals surface area contributed by atoms with Crippen molar-refractivity contribution in [3.05, 3.63) is 59.2 Å². The summed E-state index contributed by atoms with van der Waals surface area (Å²) in [7, 11) is 0. The van der Waals surface area contributed by atoms with E-state index in [9.17, 15) is 9.59 Å². The highest BCUT2D eigenvalue weighted by Crippen LogP contribution is 2.06. The predicted octanol–water partition coefficient (Wildman–Crippen LogP) is 2.16. The third-order valence-corrected chi connectivity index (χ3v) is 2.49. The molecule has 0 N–H and O–H groups in total. The molecule has 2 aromatic rings. The number of aryl methyl sites for hydroxylation is 2. The summed E-state index contributed by atoms with van der Waals surface area (Å²) in [6.07, 6.45) is 3.12. The molecule has 0 unspecified atom stereocenters. The number of Topliss-reactive ketones (excluding diaryl/α,β-unsaturated/α-hetero) is 2. The van der Waals surface area contributed by atoms with Crippen LogP contribution in [0.25, 0.3) is 0 Å². The zero-order valence-corrected chi connectivity index (χ0v) is 10.2. The van der Waals surface area contributed by atoms with E-state index in [2.05, 4.69) is 9.97 Å². The molecular weight excluding hydrogens is 228 g/mol. The Balaban J connectivity index is 2.26. The van der Waals surface area contributed by atoms with Crippen LogP contribution in [0, 0.1) is 13.8 Å². The topological polar surface area (TPSA) is 59.9 Å². The van der Waals surface area contributed by atoms with Gasteiger partial charge in [0.2, 0.25) is 0 Å². The van der Waals surface area contributed by atoms with Gasteiger partial charge < -0.3 is 0 Å². The molecule has 0 aliphatic carbocycles. The lowest BCUT2D eigenvalue weighted by atomic mass is 10.1. The highest BCUT2D eigenvalue weighted by atomic mass is 16.2. The number of pyridine rings is 2. The van der Waals surface area contributed by atoms with Gasteiger partial charge in [0, 0.05) is 12.4 Å². The Labute approximate surface area is 105 Å². The van der Waals surface area contributed by atoms with Gasteiger partial charge in [0.05, 0.1) is 0 Å². The molecule has 0 aromatic carbocycles. The van der Waals surface area contributed by atoms with Gasteiger partial charge in [0.1, 0.15) is 11.4 Å². The van der Waals surface area contributed by atoms with Crippen molar-refractivity contribution in [2.24, 2.45) is 0 Å². The molecule has 4 heteroatoms. The highest BCUT2D eigenvalue weighted by Gasteiger charge is 2.20. The average molecular weight is 240 g/mol. The molecule has 2 rings (SSSR count). The summed E-state index contributed by atoms with van der Waals surface area (Å²) >= 11 is 0. The monoisotopic (exact) mass is 240 g/mol. The number of hydrogen-bond donors (Lipinski definition) is 0. The number of carbonyl (C=O) groups excluding carboxylic acids is 2. The molecule has 90 valence electrons. The van der Waals surface area contributed by atoms with Crippen molar-refractivity contribution >= 4 is 11.6 Å². The smallest absolute Gasteiger partial charge is 0.253 e. The van der Waals surface area contributed by atoms with Gasteiger partial charge >= 0.3 is 0 Å². The minimum atomic E-state index is -0.633. The fourth-order valence-corrected chi connectivity index (χ4v) is 1.44. The quantitative estimate of drug-likeness (QED) is 0.609. The number of hydrogen-bond acceptors (Lipinski definition) is 4. The first-order chi connectivity index (χ1) is 8.58. The Kier molecular flexibility index (Phi) is 3.28. The van der Waals surface area contributed by atoms with Crippen molar-refractivity contribution < 1.29 is 9.59 Å². The van der Waals surface area contributed by atoms with Gasteiger partial charge in [-0.15, -0.1) is 0 Å². The van der Waals surface area contributed by atoms with Crippen molar-refractivity contribution in [3.63, 3.8) is 0 Å². The SMILES string of the molecule is Cc1ccc(C(=O)C(=O)c2ccc(C)cn2)nc1. The molecule has 0 spiro atoms. The van der Waals surface area contributed by atoms with Gasteiger partial charge in [-0.05, 0) is 37.1 Å². The predicted molar refractivity (Wildman–Crippen MR) is 66.6 cm³/mol. The summed E-state index contributed by atoms with van der Waals surface area (Å²) in [5.74, 6) is -1.27. The van der Waals surface area contributed by atoms with Gasteiger partial charge in [0.15, 0.2) is 0 Å². The fourth-order valence-electron chi connectivity index (χ4n) is 1.44. The van der Waals surface area contributed by atoms with Crippen molar-refractivity contribution in [3.8, 4) is 0 Å². The summed E-state index contributed by atoms with van der Waals surface area (Å²) in [6, 6.07) is 6.58. The summed E-state index contributed by atoms with van der Waals surface area (Å²) in [4.78, 5) is 31.7. The number of carbonyl (C=O) groups is 2. The maximum Gasteiger partial charge on any atom is 0.253 e. The molecule has 2 heterocycles. The van der Waals surface area contributed by atoms with Crippen LogP contribution in [0.1, 0.15) is 32.1 Å². The fraction of sp³-hybridized carbons (Fsp3) is 0.143. The van der Waals surface area contributed by atoms with Crippen LogP contribution in [0.3, 0.4) is 0 Å². The van der Waals surface area contributed by atoms with Crippen LogP contribution in [-0.2, 0) is 0 Å². The van der Waals surface area contributed by atoms with Gasteiger partial charge in [-0.1, -0.05) is 12.1 Å². The number of aromatic nitrogens is 2. The summed E-state index contributed by atoms with van der Waals surface area (Å²) < 4.78 is 0. The van der Waals surface area contributed by atoms with Crippen molar-refractivity contribution in [2.45, 2.75) is 13.8 Å². The second-order valence-electron chi connectivity index (χ2n) is 4.10. The average Bonchev–Trinajstić information content (AvgIpc) is 2.39. The zero-order chi connectivity index (χ0) is 13.1. The Morgan fingerprint density at radius 3 is 1.44 bits per heavy atom. The van der Waals surface area contributed by atoms with Crippen molar-refractivity contribution in [1.29, 1.82) is 0 Å².